The van der Waals surface area contributed by atoms with E-state index in [4.69, 9.17) is 11.6 Å². The van der Waals surface area contributed by atoms with Gasteiger partial charge in [-0.2, -0.15) is 0 Å². The molecule has 31 heavy (non-hydrogen) atoms. The van der Waals surface area contributed by atoms with Crippen molar-refractivity contribution in [3.8, 4) is 0 Å². The van der Waals surface area contributed by atoms with Crippen LogP contribution in [0.1, 0.15) is 24.0 Å². The molecular weight excluding hydrogens is 449 g/mol. The summed E-state index contributed by atoms with van der Waals surface area (Å²) in [6, 6.07) is 8.20. The number of hydrogen-bond donors (Lipinski definition) is 1. The van der Waals surface area contributed by atoms with Gasteiger partial charge >= 0.3 is 0 Å². The van der Waals surface area contributed by atoms with Crippen molar-refractivity contribution in [2.75, 3.05) is 18.4 Å². The minimum atomic E-state index is -3.81. The molecule has 1 aliphatic rings. The number of nitrogens with zero attached hydrogens (tertiary/aromatic N) is 2. The number of rotatable bonds is 6. The zero-order chi connectivity index (χ0) is 22.8. The molecule has 0 bridgehead atoms. The van der Waals surface area contributed by atoms with E-state index in [1.54, 1.807) is 13.0 Å². The molecule has 1 amide bonds. The minimum Gasteiger partial charge on any atom is -0.325 e. The van der Waals surface area contributed by atoms with E-state index >= 15 is 0 Å². The average Bonchev–Trinajstić information content (AvgIpc) is 2.72. The molecule has 2 aromatic rings. The zero-order valence-corrected chi connectivity index (χ0v) is 18.2. The lowest BCUT2D eigenvalue weighted by molar-refractivity contribution is -0.384. The first-order valence-corrected chi connectivity index (χ1v) is 11.5. The highest BCUT2D eigenvalue weighted by Gasteiger charge is 2.32. The fourth-order valence-electron chi connectivity index (χ4n) is 3.43. The first kappa shape index (κ1) is 23.1. The van der Waals surface area contributed by atoms with Crippen molar-refractivity contribution in [1.29, 1.82) is 0 Å². The molecule has 0 unspecified atom stereocenters. The topological polar surface area (TPSA) is 110 Å². The van der Waals surface area contributed by atoms with Crippen LogP contribution in [0.2, 0.25) is 5.02 Å². The van der Waals surface area contributed by atoms with Gasteiger partial charge in [0.15, 0.2) is 0 Å². The maximum Gasteiger partial charge on any atom is 0.271 e. The van der Waals surface area contributed by atoms with Crippen LogP contribution in [0.15, 0.2) is 36.4 Å². The number of hydrogen-bond acceptors (Lipinski definition) is 5. The highest BCUT2D eigenvalue weighted by Crippen LogP contribution is 2.28. The van der Waals surface area contributed by atoms with Crippen LogP contribution in [0.3, 0.4) is 0 Å². The number of carbonyl (C=O) groups is 1. The summed E-state index contributed by atoms with van der Waals surface area (Å²) >= 11 is 5.94. The lowest BCUT2D eigenvalue weighted by Gasteiger charge is -2.30. The van der Waals surface area contributed by atoms with Gasteiger partial charge in [-0.3, -0.25) is 14.9 Å². The van der Waals surface area contributed by atoms with E-state index in [0.29, 0.717) is 11.3 Å². The molecule has 3 rings (SSSR count). The molecule has 0 spiro atoms. The van der Waals surface area contributed by atoms with Crippen molar-refractivity contribution in [3.63, 3.8) is 0 Å². The number of non-ortho nitro benzene ring substituents is 1. The number of carbonyl (C=O) groups excluding carboxylic acids is 1. The lowest BCUT2D eigenvalue weighted by atomic mass is 9.97. The Morgan fingerprint density at radius 3 is 2.58 bits per heavy atom. The van der Waals surface area contributed by atoms with Gasteiger partial charge in [-0.15, -0.1) is 0 Å². The molecule has 11 heteroatoms. The molecule has 0 saturated carbocycles. The van der Waals surface area contributed by atoms with E-state index in [-0.39, 0.29) is 48.1 Å². The molecule has 0 radical (unpaired) electrons. The van der Waals surface area contributed by atoms with E-state index in [1.165, 1.54) is 28.6 Å². The Balaban J connectivity index is 1.63. The predicted molar refractivity (Wildman–Crippen MR) is 115 cm³/mol. The molecule has 0 atom stereocenters. The first-order chi connectivity index (χ1) is 14.6. The Hall–Kier alpha value is -2.56. The van der Waals surface area contributed by atoms with Crippen LogP contribution in [0, 0.1) is 28.8 Å². The van der Waals surface area contributed by atoms with Gasteiger partial charge < -0.3 is 5.32 Å². The summed E-state index contributed by atoms with van der Waals surface area (Å²) in [6.45, 7) is 1.95. The molecule has 0 aliphatic carbocycles. The van der Waals surface area contributed by atoms with Crippen LogP contribution in [0.4, 0.5) is 15.8 Å². The minimum absolute atomic E-state index is 0.0464. The summed E-state index contributed by atoms with van der Waals surface area (Å²) < 4.78 is 40.6. The van der Waals surface area contributed by atoms with Crippen molar-refractivity contribution in [1.82, 2.24) is 4.31 Å². The van der Waals surface area contributed by atoms with E-state index in [9.17, 15) is 27.7 Å². The number of nitro benzene ring substituents is 1. The number of amides is 1. The predicted octanol–water partition coefficient (Wildman–Crippen LogP) is 3.88. The second-order valence-corrected chi connectivity index (χ2v) is 9.75. The molecule has 1 aliphatic heterocycles. The number of halogens is 2. The van der Waals surface area contributed by atoms with Crippen LogP contribution in [0.25, 0.3) is 0 Å². The molecular formula is C20H21ClFN3O5S. The summed E-state index contributed by atoms with van der Waals surface area (Å²) in [7, 11) is -3.81. The Morgan fingerprint density at radius 1 is 1.29 bits per heavy atom. The number of anilines is 1. The maximum atomic E-state index is 14.0. The van der Waals surface area contributed by atoms with Crippen molar-refractivity contribution in [2.24, 2.45) is 5.92 Å². The van der Waals surface area contributed by atoms with Gasteiger partial charge in [0.05, 0.1) is 16.4 Å². The lowest BCUT2D eigenvalue weighted by Crippen LogP contribution is -2.42. The quantitative estimate of drug-likeness (QED) is 0.510. The van der Waals surface area contributed by atoms with Crippen LogP contribution >= 0.6 is 11.6 Å². The SMILES string of the molecule is Cc1ccc([N+](=O)[O-])cc1NC(=O)C1CCN(S(=O)(=O)Cc2c(F)cccc2Cl)CC1. The van der Waals surface area contributed by atoms with Crippen LogP contribution in [-0.2, 0) is 20.6 Å². The van der Waals surface area contributed by atoms with Gasteiger partial charge in [-0.05, 0) is 37.5 Å². The highest BCUT2D eigenvalue weighted by molar-refractivity contribution is 7.88. The molecule has 1 fully saturated rings. The van der Waals surface area contributed by atoms with E-state index < -0.39 is 32.4 Å². The summed E-state index contributed by atoms with van der Waals surface area (Å²) in [5, 5.41) is 13.7. The van der Waals surface area contributed by atoms with Gasteiger partial charge in [0, 0.05) is 41.7 Å². The summed E-state index contributed by atoms with van der Waals surface area (Å²) in [5.74, 6) is -2.00. The van der Waals surface area contributed by atoms with E-state index in [2.05, 4.69) is 5.32 Å². The fourth-order valence-corrected chi connectivity index (χ4v) is 5.35. The third-order valence-corrected chi connectivity index (χ3v) is 7.46. The van der Waals surface area contributed by atoms with Gasteiger partial charge in [-0.25, -0.2) is 17.1 Å². The number of aryl methyl sites for hydroxylation is 1. The third-order valence-electron chi connectivity index (χ3n) is 5.30. The summed E-state index contributed by atoms with van der Waals surface area (Å²) in [4.78, 5) is 23.0. The zero-order valence-electron chi connectivity index (χ0n) is 16.7. The summed E-state index contributed by atoms with van der Waals surface area (Å²) in [5.41, 5.74) is 0.822. The normalized spacial score (nSPS) is 15.6. The maximum absolute atomic E-state index is 14.0. The number of sulfonamides is 1. The molecule has 0 aromatic heterocycles. The second kappa shape index (κ2) is 9.29. The number of piperidine rings is 1. The Bertz CT molecular complexity index is 1100. The van der Waals surface area contributed by atoms with Crippen LogP contribution in [-0.4, -0.2) is 36.6 Å². The first-order valence-electron chi connectivity index (χ1n) is 9.55. The van der Waals surface area contributed by atoms with Crippen LogP contribution < -0.4 is 5.32 Å². The molecule has 2 aromatic carbocycles. The van der Waals surface area contributed by atoms with Crippen LogP contribution in [0.5, 0.6) is 0 Å². The number of nitrogens with one attached hydrogen (secondary N) is 1. The third kappa shape index (κ3) is 5.38. The Labute approximate surface area is 184 Å². The standard InChI is InChI=1S/C20H21ClFN3O5S/c1-13-5-6-15(25(27)28)11-19(13)23-20(26)14-7-9-24(10-8-14)31(29,30)12-16-17(21)3-2-4-18(16)22/h2-6,11,14H,7-10,12H2,1H3,(H,23,26). The van der Waals surface area contributed by atoms with Gasteiger partial charge in [0.25, 0.3) is 5.69 Å². The van der Waals surface area contributed by atoms with E-state index in [1.807, 2.05) is 0 Å². The second-order valence-electron chi connectivity index (χ2n) is 7.38. The van der Waals surface area contributed by atoms with Gasteiger partial charge in [-0.1, -0.05) is 23.7 Å². The van der Waals surface area contributed by atoms with Crippen molar-refractivity contribution < 1.29 is 22.5 Å². The fraction of sp³-hybridized carbons (Fsp3) is 0.350. The monoisotopic (exact) mass is 469 g/mol. The molecule has 166 valence electrons. The number of benzene rings is 2. The Kier molecular flexibility index (Phi) is 6.93. The summed E-state index contributed by atoms with van der Waals surface area (Å²) in [6.07, 6.45) is 0.564. The van der Waals surface area contributed by atoms with Gasteiger partial charge in [0.1, 0.15) is 5.82 Å². The van der Waals surface area contributed by atoms with Crippen molar-refractivity contribution >= 4 is 38.9 Å². The molecule has 1 N–H and O–H groups in total. The molecule has 1 saturated heterocycles. The largest absolute Gasteiger partial charge is 0.325 e. The molecule has 8 nitrogen and oxygen atoms in total. The van der Waals surface area contributed by atoms with Gasteiger partial charge in [0.2, 0.25) is 15.9 Å². The average molecular weight is 470 g/mol. The highest BCUT2D eigenvalue weighted by atomic mass is 35.5. The van der Waals surface area contributed by atoms with Crippen molar-refractivity contribution in [2.45, 2.75) is 25.5 Å². The number of nitro groups is 1. The van der Waals surface area contributed by atoms with Crippen molar-refractivity contribution in [3.05, 3.63) is 68.5 Å². The van der Waals surface area contributed by atoms with E-state index in [0.717, 1.165) is 6.07 Å². The smallest absolute Gasteiger partial charge is 0.271 e. The Morgan fingerprint density at radius 2 is 1.97 bits per heavy atom. The molecule has 1 heterocycles.